The van der Waals surface area contributed by atoms with E-state index in [9.17, 15) is 10.0 Å². The molecule has 0 unspecified atom stereocenters. The molecule has 0 amide bonds. The number of esters is 1. The molecule has 0 spiro atoms. The number of aromatic nitrogens is 1. The molecule has 1 aromatic heterocycles. The highest BCUT2D eigenvalue weighted by atomic mass is 35.5. The summed E-state index contributed by atoms with van der Waals surface area (Å²) in [7, 11) is 0. The lowest BCUT2D eigenvalue weighted by molar-refractivity contribution is -0.612. The van der Waals surface area contributed by atoms with Crippen molar-refractivity contribution in [1.29, 1.82) is 0 Å². The molecule has 1 heterocycles. The molecule has 0 aliphatic carbocycles. The number of carbonyl (C=O) groups is 1. The molecule has 0 N–H and O–H groups in total. The lowest BCUT2D eigenvalue weighted by Crippen LogP contribution is -2.46. The van der Waals surface area contributed by atoms with Crippen LogP contribution in [0.3, 0.4) is 0 Å². The van der Waals surface area contributed by atoms with Crippen LogP contribution in [0.15, 0.2) is 18.2 Å². The number of nitrogens with zero attached hydrogens (tertiary/aromatic N) is 1. The fourth-order valence-corrected chi connectivity index (χ4v) is 1.39. The van der Waals surface area contributed by atoms with Crippen LogP contribution < -0.4 is 9.47 Å². The molecule has 0 radical (unpaired) electrons. The largest absolute Gasteiger partial charge is 0.615 e. The van der Waals surface area contributed by atoms with Gasteiger partial charge in [-0.1, -0.05) is 0 Å². The lowest BCUT2D eigenvalue weighted by Gasteiger charge is -2.28. The predicted octanol–water partition coefficient (Wildman–Crippen LogP) is 2.47. The molecule has 1 aromatic rings. The van der Waals surface area contributed by atoms with Crippen LogP contribution in [-0.4, -0.2) is 17.2 Å². The van der Waals surface area contributed by atoms with E-state index in [1.54, 1.807) is 26.8 Å². The molecule has 19 heavy (non-hydrogen) atoms. The average molecular weight is 288 g/mol. The zero-order valence-corrected chi connectivity index (χ0v) is 12.4. The van der Waals surface area contributed by atoms with Gasteiger partial charge in [0.1, 0.15) is 5.60 Å². The second-order valence-corrected chi connectivity index (χ2v) is 5.98. The zero-order valence-electron chi connectivity index (χ0n) is 11.7. The molecule has 0 aliphatic heterocycles. The minimum absolute atomic E-state index is 0.0301. The van der Waals surface area contributed by atoms with Gasteiger partial charge in [0.15, 0.2) is 0 Å². The normalized spacial score (nSPS) is 12.1. The van der Waals surface area contributed by atoms with Crippen molar-refractivity contribution in [3.05, 3.63) is 28.6 Å². The molecular weight excluding hydrogens is 270 g/mol. The summed E-state index contributed by atoms with van der Waals surface area (Å²) in [6.07, 6.45) is 0. The molecule has 0 aliphatic rings. The second kappa shape index (κ2) is 5.25. The van der Waals surface area contributed by atoms with Gasteiger partial charge in [-0.2, -0.15) is 0 Å². The Kier molecular flexibility index (Phi) is 4.30. The van der Waals surface area contributed by atoms with Crippen molar-refractivity contribution in [3.8, 4) is 5.88 Å². The Morgan fingerprint density at radius 1 is 1.26 bits per heavy atom. The first-order valence-electron chi connectivity index (χ1n) is 5.83. The number of carbonyl (C=O) groups excluding carboxylic acids is 1. The molecule has 5 nitrogen and oxygen atoms in total. The van der Waals surface area contributed by atoms with Crippen molar-refractivity contribution >= 4 is 17.6 Å². The third-order valence-electron chi connectivity index (χ3n) is 2.12. The lowest BCUT2D eigenvalue weighted by atomic mass is 10.1. The number of hydrogen-bond acceptors (Lipinski definition) is 4. The van der Waals surface area contributed by atoms with Gasteiger partial charge in [-0.25, -0.2) is 4.79 Å². The molecule has 0 fully saturated rings. The number of halogens is 1. The Hall–Kier alpha value is -1.49. The summed E-state index contributed by atoms with van der Waals surface area (Å²) in [5.74, 6) is -0.608. The Morgan fingerprint density at radius 3 is 2.37 bits per heavy atom. The van der Waals surface area contributed by atoms with E-state index in [0.29, 0.717) is 4.73 Å². The van der Waals surface area contributed by atoms with Crippen molar-refractivity contribution < 1.29 is 19.0 Å². The topological polar surface area (TPSA) is 62.5 Å². The van der Waals surface area contributed by atoms with E-state index in [1.165, 1.54) is 26.0 Å². The third kappa shape index (κ3) is 4.28. The summed E-state index contributed by atoms with van der Waals surface area (Å²) in [4.78, 5) is 12.0. The summed E-state index contributed by atoms with van der Waals surface area (Å²) < 4.78 is 11.1. The van der Waals surface area contributed by atoms with Crippen LogP contribution in [0, 0.1) is 5.21 Å². The summed E-state index contributed by atoms with van der Waals surface area (Å²) in [6.45, 7) is 8.33. The molecule has 0 aromatic carbocycles. The maximum Gasteiger partial charge on any atom is 0.381 e. The second-order valence-electron chi connectivity index (χ2n) is 5.60. The molecule has 106 valence electrons. The van der Waals surface area contributed by atoms with E-state index in [2.05, 4.69) is 0 Å². The molecule has 0 saturated carbocycles. The first kappa shape index (κ1) is 15.6. The van der Waals surface area contributed by atoms with E-state index >= 15 is 0 Å². The van der Waals surface area contributed by atoms with E-state index in [1.807, 2.05) is 0 Å². The van der Waals surface area contributed by atoms with Crippen molar-refractivity contribution in [2.75, 3.05) is 0 Å². The van der Waals surface area contributed by atoms with Crippen LogP contribution in [-0.2, 0) is 9.53 Å². The molecule has 0 saturated heterocycles. The van der Waals surface area contributed by atoms with Crippen molar-refractivity contribution in [3.63, 3.8) is 0 Å². The fourth-order valence-electron chi connectivity index (χ4n) is 1.23. The Labute approximate surface area is 117 Å². The van der Waals surface area contributed by atoms with E-state index in [0.717, 1.165) is 0 Å². The van der Waals surface area contributed by atoms with Crippen LogP contribution >= 0.6 is 11.6 Å². The van der Waals surface area contributed by atoms with Gasteiger partial charge in [0.2, 0.25) is 5.60 Å². The first-order chi connectivity index (χ1) is 8.53. The molecule has 1 rings (SSSR count). The van der Waals surface area contributed by atoms with Gasteiger partial charge in [0.25, 0.3) is 5.15 Å². The minimum Gasteiger partial charge on any atom is -0.615 e. The van der Waals surface area contributed by atoms with Gasteiger partial charge in [0.05, 0.1) is 6.07 Å². The van der Waals surface area contributed by atoms with Gasteiger partial charge in [0, 0.05) is 6.07 Å². The maximum absolute atomic E-state index is 12.0. The molecule has 6 heteroatoms. The van der Waals surface area contributed by atoms with Crippen LogP contribution in [0.1, 0.15) is 34.6 Å². The fraction of sp³-hybridized carbons (Fsp3) is 0.538. The molecule has 0 atom stereocenters. The maximum atomic E-state index is 12.0. The highest BCUT2D eigenvalue weighted by molar-refractivity contribution is 6.28. The highest BCUT2D eigenvalue weighted by Crippen LogP contribution is 2.20. The van der Waals surface area contributed by atoms with E-state index in [4.69, 9.17) is 21.1 Å². The van der Waals surface area contributed by atoms with Gasteiger partial charge in [-0.05, 0) is 52.3 Å². The Bertz CT molecular complexity index is 480. The first-order valence-corrected chi connectivity index (χ1v) is 6.21. The standard InChI is InChI=1S/C13H18ClNO4/c1-12(2,3)19-11(16)13(4,5)18-10-8-6-7-9(14)15(10)17/h6-8H,1-5H3. The Morgan fingerprint density at radius 2 is 1.84 bits per heavy atom. The van der Waals surface area contributed by atoms with Crippen LogP contribution in [0.5, 0.6) is 5.88 Å². The summed E-state index contributed by atoms with van der Waals surface area (Å²) in [5.41, 5.74) is -1.91. The predicted molar refractivity (Wildman–Crippen MR) is 71.0 cm³/mol. The van der Waals surface area contributed by atoms with Gasteiger partial charge >= 0.3 is 11.8 Å². The highest BCUT2D eigenvalue weighted by Gasteiger charge is 2.37. The average Bonchev–Trinajstić information content (AvgIpc) is 2.22. The van der Waals surface area contributed by atoms with Gasteiger partial charge in [-0.15, -0.1) is 4.73 Å². The summed E-state index contributed by atoms with van der Waals surface area (Å²) >= 11 is 5.68. The molecule has 0 bridgehead atoms. The minimum atomic E-state index is -1.29. The third-order valence-corrected chi connectivity index (χ3v) is 2.40. The van der Waals surface area contributed by atoms with Crippen molar-refractivity contribution in [2.45, 2.75) is 45.8 Å². The number of rotatable bonds is 3. The quantitative estimate of drug-likeness (QED) is 0.371. The van der Waals surface area contributed by atoms with Crippen molar-refractivity contribution in [1.82, 2.24) is 0 Å². The Balaban J connectivity index is 2.90. The summed E-state index contributed by atoms with van der Waals surface area (Å²) in [5, 5.41) is 11.6. The molecular formula is C13H18ClNO4. The van der Waals surface area contributed by atoms with Crippen LogP contribution in [0.25, 0.3) is 0 Å². The van der Waals surface area contributed by atoms with Gasteiger partial charge in [-0.3, -0.25) is 0 Å². The van der Waals surface area contributed by atoms with Gasteiger partial charge < -0.3 is 14.7 Å². The number of ether oxygens (including phenoxy) is 2. The number of hydrogen-bond donors (Lipinski definition) is 0. The van der Waals surface area contributed by atoms with E-state index < -0.39 is 17.2 Å². The monoisotopic (exact) mass is 287 g/mol. The van der Waals surface area contributed by atoms with Crippen molar-refractivity contribution in [2.24, 2.45) is 0 Å². The zero-order chi connectivity index (χ0) is 14.8. The summed E-state index contributed by atoms with van der Waals surface area (Å²) in [6, 6.07) is 4.43. The number of pyridine rings is 1. The smallest absolute Gasteiger partial charge is 0.381 e. The van der Waals surface area contributed by atoms with Crippen LogP contribution in [0.4, 0.5) is 0 Å². The SMILES string of the molecule is CC(C)(C)OC(=O)C(C)(C)Oc1cccc(Cl)[n+]1[O-]. The van der Waals surface area contributed by atoms with Crippen LogP contribution in [0.2, 0.25) is 5.15 Å². The van der Waals surface area contributed by atoms with E-state index in [-0.39, 0.29) is 11.0 Å².